The number of halogens is 2. The van der Waals surface area contributed by atoms with Gasteiger partial charge in [0.05, 0.1) is 23.9 Å². The number of rotatable bonds is 8. The lowest BCUT2D eigenvalue weighted by Crippen LogP contribution is -2.36. The molecule has 0 saturated heterocycles. The van der Waals surface area contributed by atoms with Crippen molar-refractivity contribution in [1.82, 2.24) is 15.1 Å². The summed E-state index contributed by atoms with van der Waals surface area (Å²) in [4.78, 5) is 27.6. The van der Waals surface area contributed by atoms with Gasteiger partial charge in [0.15, 0.2) is 11.4 Å². The Balaban J connectivity index is 1.74. The Morgan fingerprint density at radius 2 is 2.00 bits per heavy atom. The number of carbonyl (C=O) groups excluding carboxylic acids is 1. The van der Waals surface area contributed by atoms with Crippen LogP contribution in [0.3, 0.4) is 0 Å². The molecule has 0 unspecified atom stereocenters. The Bertz CT molecular complexity index is 1460. The van der Waals surface area contributed by atoms with Crippen molar-refractivity contribution in [3.8, 4) is 40.6 Å². The standard InChI is InChI=1S/C25H19Cl2N5O5/c1-36-23-21(24(33)29-25(15-28)11-12-25)30-31(20-10-9-18(26)14-19(20)27)22(23)17-7-5-16(6-8-17)4-2-3-13-37-32(34)35/h5-10,14H,3,11-13H2,1H3,(H,29,33). The van der Waals surface area contributed by atoms with Crippen LogP contribution in [0.4, 0.5) is 0 Å². The molecule has 12 heteroatoms. The van der Waals surface area contributed by atoms with Gasteiger partial charge in [-0.05, 0) is 43.2 Å². The third-order valence-electron chi connectivity index (χ3n) is 5.53. The van der Waals surface area contributed by atoms with Gasteiger partial charge in [-0.2, -0.15) is 10.4 Å². The molecule has 1 aromatic heterocycles. The van der Waals surface area contributed by atoms with Crippen LogP contribution < -0.4 is 10.1 Å². The summed E-state index contributed by atoms with van der Waals surface area (Å²) in [6.45, 7) is -0.117. The number of hydrogen-bond donors (Lipinski definition) is 1. The van der Waals surface area contributed by atoms with Crippen LogP contribution >= 0.6 is 23.2 Å². The van der Waals surface area contributed by atoms with Crippen molar-refractivity contribution < 1.29 is 19.5 Å². The third-order valence-corrected chi connectivity index (χ3v) is 6.07. The van der Waals surface area contributed by atoms with E-state index in [2.05, 4.69) is 33.2 Å². The highest BCUT2D eigenvalue weighted by atomic mass is 35.5. The lowest BCUT2D eigenvalue weighted by molar-refractivity contribution is -0.757. The molecular formula is C25H19Cl2N5O5. The fourth-order valence-electron chi connectivity index (χ4n) is 3.54. The van der Waals surface area contributed by atoms with Crippen LogP contribution in [0, 0.1) is 33.3 Å². The lowest BCUT2D eigenvalue weighted by Gasteiger charge is -2.11. The van der Waals surface area contributed by atoms with E-state index in [1.807, 2.05) is 0 Å². The fourth-order valence-corrected chi connectivity index (χ4v) is 4.03. The summed E-state index contributed by atoms with van der Waals surface area (Å²) < 4.78 is 7.13. The van der Waals surface area contributed by atoms with Gasteiger partial charge in [0.1, 0.15) is 17.8 Å². The number of nitrogens with zero attached hydrogens (tertiary/aromatic N) is 4. The number of nitriles is 1. The maximum atomic E-state index is 13.1. The number of amides is 1. The van der Waals surface area contributed by atoms with E-state index in [0.717, 1.165) is 0 Å². The molecule has 0 bridgehead atoms. The van der Waals surface area contributed by atoms with E-state index in [-0.39, 0.29) is 24.5 Å². The van der Waals surface area contributed by atoms with Gasteiger partial charge < -0.3 is 14.9 Å². The van der Waals surface area contributed by atoms with E-state index in [1.165, 1.54) is 11.8 Å². The second-order valence-electron chi connectivity index (χ2n) is 8.07. The lowest BCUT2D eigenvalue weighted by atomic mass is 10.1. The molecule has 1 heterocycles. The molecule has 1 fully saturated rings. The van der Waals surface area contributed by atoms with Gasteiger partial charge in [0.2, 0.25) is 0 Å². The minimum absolute atomic E-state index is 0.000278. The van der Waals surface area contributed by atoms with Gasteiger partial charge >= 0.3 is 0 Å². The topological polar surface area (TPSA) is 132 Å². The van der Waals surface area contributed by atoms with Gasteiger partial charge in [-0.1, -0.05) is 47.2 Å². The smallest absolute Gasteiger partial charge is 0.294 e. The summed E-state index contributed by atoms with van der Waals surface area (Å²) in [5, 5.41) is 26.8. The van der Waals surface area contributed by atoms with Crippen molar-refractivity contribution in [1.29, 1.82) is 5.26 Å². The molecule has 0 spiro atoms. The van der Waals surface area contributed by atoms with Crippen molar-refractivity contribution in [3.63, 3.8) is 0 Å². The Labute approximate surface area is 221 Å². The van der Waals surface area contributed by atoms with Gasteiger partial charge in [-0.3, -0.25) is 4.79 Å². The Morgan fingerprint density at radius 1 is 1.27 bits per heavy atom. The van der Waals surface area contributed by atoms with Crippen molar-refractivity contribution in [2.75, 3.05) is 13.7 Å². The molecule has 0 radical (unpaired) electrons. The first kappa shape index (κ1) is 25.8. The highest BCUT2D eigenvalue weighted by Gasteiger charge is 2.45. The van der Waals surface area contributed by atoms with Gasteiger partial charge in [-0.25, -0.2) is 4.68 Å². The molecule has 1 aliphatic carbocycles. The van der Waals surface area contributed by atoms with E-state index in [4.69, 9.17) is 27.9 Å². The average molecular weight is 540 g/mol. The zero-order valence-corrected chi connectivity index (χ0v) is 21.0. The van der Waals surface area contributed by atoms with E-state index < -0.39 is 16.5 Å². The average Bonchev–Trinajstić information content (AvgIpc) is 3.54. The number of hydrogen-bond acceptors (Lipinski definition) is 7. The largest absolute Gasteiger partial charge is 0.492 e. The summed E-state index contributed by atoms with van der Waals surface area (Å²) in [5.74, 6) is 5.38. The highest BCUT2D eigenvalue weighted by Crippen LogP contribution is 2.39. The molecule has 3 aromatic rings. The minimum atomic E-state index is -0.894. The Morgan fingerprint density at radius 3 is 2.59 bits per heavy atom. The van der Waals surface area contributed by atoms with Crippen LogP contribution in [-0.2, 0) is 4.84 Å². The number of nitrogens with one attached hydrogen (secondary N) is 1. The number of methoxy groups -OCH3 is 1. The van der Waals surface area contributed by atoms with Crippen LogP contribution in [0.15, 0.2) is 42.5 Å². The second kappa shape index (κ2) is 10.8. The quantitative estimate of drug-likeness (QED) is 0.191. The summed E-state index contributed by atoms with van der Waals surface area (Å²) in [5.41, 5.74) is 1.35. The van der Waals surface area contributed by atoms with Gasteiger partial charge in [0.25, 0.3) is 11.0 Å². The predicted octanol–water partition coefficient (Wildman–Crippen LogP) is 4.59. The van der Waals surface area contributed by atoms with E-state index >= 15 is 0 Å². The minimum Gasteiger partial charge on any atom is -0.492 e. The van der Waals surface area contributed by atoms with Crippen LogP contribution in [-0.4, -0.2) is 40.0 Å². The van der Waals surface area contributed by atoms with E-state index in [9.17, 15) is 20.2 Å². The number of ether oxygens (including phenoxy) is 1. The molecule has 4 rings (SSSR count). The van der Waals surface area contributed by atoms with E-state index in [0.29, 0.717) is 45.4 Å². The summed E-state index contributed by atoms with van der Waals surface area (Å²) in [6.07, 6.45) is 1.32. The SMILES string of the molecule is COc1c(C(=O)NC2(C#N)CC2)nn(-c2ccc(Cl)cc2Cl)c1-c1ccc(C#CCCO[N+](=O)[O-])cc1. The molecule has 1 amide bonds. The number of aromatic nitrogens is 2. The Kier molecular flexibility index (Phi) is 7.53. The molecule has 37 heavy (non-hydrogen) atoms. The first-order chi connectivity index (χ1) is 17.8. The molecule has 2 aromatic carbocycles. The molecule has 0 atom stereocenters. The normalized spacial score (nSPS) is 13.0. The predicted molar refractivity (Wildman–Crippen MR) is 135 cm³/mol. The van der Waals surface area contributed by atoms with Crippen LogP contribution in [0.5, 0.6) is 5.75 Å². The summed E-state index contributed by atoms with van der Waals surface area (Å²) in [6, 6.07) is 14.1. The zero-order chi connectivity index (χ0) is 26.6. The van der Waals surface area contributed by atoms with Gasteiger partial charge in [0, 0.05) is 22.6 Å². The first-order valence-electron chi connectivity index (χ1n) is 11.0. The van der Waals surface area contributed by atoms with Crippen molar-refractivity contribution >= 4 is 29.1 Å². The Hall–Kier alpha value is -4.25. The second-order valence-corrected chi connectivity index (χ2v) is 8.92. The maximum Gasteiger partial charge on any atom is 0.294 e. The molecule has 10 nitrogen and oxygen atoms in total. The summed E-state index contributed by atoms with van der Waals surface area (Å²) in [7, 11) is 1.43. The summed E-state index contributed by atoms with van der Waals surface area (Å²) >= 11 is 12.6. The molecular weight excluding hydrogens is 521 g/mol. The number of benzene rings is 2. The maximum absolute atomic E-state index is 13.1. The van der Waals surface area contributed by atoms with E-state index in [1.54, 1.807) is 42.5 Å². The van der Waals surface area contributed by atoms with Crippen LogP contribution in [0.1, 0.15) is 35.3 Å². The third kappa shape index (κ3) is 5.78. The van der Waals surface area contributed by atoms with Crippen LogP contribution in [0.25, 0.3) is 16.9 Å². The van der Waals surface area contributed by atoms with Crippen molar-refractivity contribution in [2.24, 2.45) is 0 Å². The molecule has 1 saturated carbocycles. The molecule has 188 valence electrons. The monoisotopic (exact) mass is 539 g/mol. The van der Waals surface area contributed by atoms with Crippen molar-refractivity contribution in [2.45, 2.75) is 24.8 Å². The highest BCUT2D eigenvalue weighted by molar-refractivity contribution is 6.35. The molecule has 1 aliphatic rings. The van der Waals surface area contributed by atoms with Gasteiger partial charge in [-0.15, -0.1) is 10.1 Å². The number of carbonyl (C=O) groups is 1. The van der Waals surface area contributed by atoms with Crippen molar-refractivity contribution in [3.05, 3.63) is 73.9 Å². The fraction of sp³-hybridized carbons (Fsp3) is 0.240. The van der Waals surface area contributed by atoms with Crippen LogP contribution in [0.2, 0.25) is 10.0 Å². The zero-order valence-electron chi connectivity index (χ0n) is 19.5. The molecule has 0 aliphatic heterocycles. The first-order valence-corrected chi connectivity index (χ1v) is 11.8. The molecule has 1 N–H and O–H groups in total.